The second-order valence-corrected chi connectivity index (χ2v) is 3.58. The molecule has 0 aliphatic heterocycles. The van der Waals surface area contributed by atoms with Crippen LogP contribution in [0.25, 0.3) is 0 Å². The molecule has 1 aromatic carbocycles. The van der Waals surface area contributed by atoms with E-state index in [1.807, 2.05) is 25.1 Å². The van der Waals surface area contributed by atoms with Crippen molar-refractivity contribution in [3.05, 3.63) is 21.8 Å². The fourth-order valence-electron chi connectivity index (χ4n) is 0.960. The average molecular weight is 291 g/mol. The summed E-state index contributed by atoms with van der Waals surface area (Å²) in [5, 5.41) is 2.59. The Morgan fingerprint density at radius 3 is 3.00 bits per heavy atom. The Balaban J connectivity index is 2.95. The zero-order valence-electron chi connectivity index (χ0n) is 7.21. The van der Waals surface area contributed by atoms with Crippen LogP contribution in [0.5, 0.6) is 5.75 Å². The van der Waals surface area contributed by atoms with Crippen molar-refractivity contribution >= 4 is 34.7 Å². The predicted molar refractivity (Wildman–Crippen MR) is 60.0 cm³/mol. The molecule has 0 aliphatic rings. The van der Waals surface area contributed by atoms with Crippen LogP contribution in [-0.2, 0) is 4.79 Å². The lowest BCUT2D eigenvalue weighted by molar-refractivity contribution is -0.105. The number of nitrogens with one attached hydrogen (secondary N) is 1. The second-order valence-electron chi connectivity index (χ2n) is 2.34. The predicted octanol–water partition coefficient (Wildman–Crippen LogP) is 2.26. The summed E-state index contributed by atoms with van der Waals surface area (Å²) in [6.45, 7) is 2.50. The topological polar surface area (TPSA) is 38.3 Å². The summed E-state index contributed by atoms with van der Waals surface area (Å²) in [6, 6.07) is 5.64. The monoisotopic (exact) mass is 291 g/mol. The first-order valence-electron chi connectivity index (χ1n) is 3.90. The van der Waals surface area contributed by atoms with E-state index < -0.39 is 0 Å². The zero-order valence-corrected chi connectivity index (χ0v) is 9.37. The Bertz CT molecular complexity index is 302. The third kappa shape index (κ3) is 2.87. The third-order valence-corrected chi connectivity index (χ3v) is 2.13. The normalized spacial score (nSPS) is 9.38. The van der Waals surface area contributed by atoms with E-state index in [2.05, 4.69) is 27.9 Å². The number of benzene rings is 1. The molecule has 0 spiro atoms. The molecular formula is C9H10INO2. The standard InChI is InChI=1S/C9H10INO2/c1-2-13-9-4-3-7(10)5-8(9)11-6-12/h3-6H,2H2,1H3,(H,11,12). The highest BCUT2D eigenvalue weighted by molar-refractivity contribution is 14.1. The molecule has 1 amide bonds. The quantitative estimate of drug-likeness (QED) is 0.682. The van der Waals surface area contributed by atoms with Crippen LogP contribution in [0.15, 0.2) is 18.2 Å². The molecule has 0 saturated carbocycles. The lowest BCUT2D eigenvalue weighted by Crippen LogP contribution is -2.00. The molecule has 13 heavy (non-hydrogen) atoms. The molecule has 0 heterocycles. The van der Waals surface area contributed by atoms with Crippen molar-refractivity contribution in [2.45, 2.75) is 6.92 Å². The number of amides is 1. The van der Waals surface area contributed by atoms with Gasteiger partial charge in [-0.05, 0) is 47.7 Å². The van der Waals surface area contributed by atoms with E-state index in [0.717, 1.165) is 3.57 Å². The second kappa shape index (κ2) is 5.06. The Morgan fingerprint density at radius 2 is 2.38 bits per heavy atom. The van der Waals surface area contributed by atoms with Crippen molar-refractivity contribution < 1.29 is 9.53 Å². The summed E-state index contributed by atoms with van der Waals surface area (Å²) in [5.41, 5.74) is 0.712. The van der Waals surface area contributed by atoms with Gasteiger partial charge in [0.2, 0.25) is 6.41 Å². The summed E-state index contributed by atoms with van der Waals surface area (Å²) in [6.07, 6.45) is 0.647. The third-order valence-electron chi connectivity index (χ3n) is 1.46. The van der Waals surface area contributed by atoms with Gasteiger partial charge in [0, 0.05) is 3.57 Å². The SMILES string of the molecule is CCOc1ccc(I)cc1NC=O. The van der Waals surface area contributed by atoms with Crippen molar-refractivity contribution in [1.82, 2.24) is 0 Å². The van der Waals surface area contributed by atoms with Gasteiger partial charge in [0.05, 0.1) is 12.3 Å². The Kier molecular flexibility index (Phi) is 4.01. The zero-order chi connectivity index (χ0) is 9.68. The number of ether oxygens (including phenoxy) is 1. The molecule has 0 fully saturated rings. The highest BCUT2D eigenvalue weighted by Gasteiger charge is 2.02. The van der Waals surface area contributed by atoms with Crippen LogP contribution in [0.1, 0.15) is 6.92 Å². The van der Waals surface area contributed by atoms with Crippen LogP contribution in [0.4, 0.5) is 5.69 Å². The Hall–Kier alpha value is -0.780. The molecule has 0 aliphatic carbocycles. The number of hydrogen-bond donors (Lipinski definition) is 1. The number of carbonyl (C=O) groups is 1. The number of halogens is 1. The summed E-state index contributed by atoms with van der Waals surface area (Å²) in [4.78, 5) is 10.3. The summed E-state index contributed by atoms with van der Waals surface area (Å²) in [5.74, 6) is 0.704. The van der Waals surface area contributed by atoms with Crippen molar-refractivity contribution in [3.63, 3.8) is 0 Å². The summed E-state index contributed by atoms with van der Waals surface area (Å²) >= 11 is 2.18. The molecule has 1 N–H and O–H groups in total. The molecular weight excluding hydrogens is 281 g/mol. The number of carbonyl (C=O) groups excluding carboxylic acids is 1. The van der Waals surface area contributed by atoms with Crippen LogP contribution in [0.2, 0.25) is 0 Å². The molecule has 0 atom stereocenters. The molecule has 4 heteroatoms. The molecule has 0 radical (unpaired) electrons. The fraction of sp³-hybridized carbons (Fsp3) is 0.222. The van der Waals surface area contributed by atoms with Gasteiger partial charge < -0.3 is 10.1 Å². The van der Waals surface area contributed by atoms with Gasteiger partial charge in [-0.2, -0.15) is 0 Å². The van der Waals surface area contributed by atoms with Gasteiger partial charge in [-0.15, -0.1) is 0 Å². The molecule has 0 saturated heterocycles. The van der Waals surface area contributed by atoms with Crippen molar-refractivity contribution in [2.75, 3.05) is 11.9 Å². The van der Waals surface area contributed by atoms with Gasteiger partial charge in [-0.25, -0.2) is 0 Å². The van der Waals surface area contributed by atoms with Crippen molar-refractivity contribution in [1.29, 1.82) is 0 Å². The maximum atomic E-state index is 10.3. The minimum Gasteiger partial charge on any atom is -0.492 e. The fourth-order valence-corrected chi connectivity index (χ4v) is 1.45. The molecule has 3 nitrogen and oxygen atoms in total. The molecule has 0 aromatic heterocycles. The van der Waals surface area contributed by atoms with Crippen LogP contribution < -0.4 is 10.1 Å². The van der Waals surface area contributed by atoms with E-state index in [0.29, 0.717) is 24.5 Å². The van der Waals surface area contributed by atoms with E-state index in [1.165, 1.54) is 0 Å². The molecule has 70 valence electrons. The molecule has 0 unspecified atom stereocenters. The maximum absolute atomic E-state index is 10.3. The van der Waals surface area contributed by atoms with Gasteiger partial charge in [0.15, 0.2) is 0 Å². The van der Waals surface area contributed by atoms with E-state index in [9.17, 15) is 4.79 Å². The van der Waals surface area contributed by atoms with Gasteiger partial charge in [-0.3, -0.25) is 4.79 Å². The first-order chi connectivity index (χ1) is 6.27. The van der Waals surface area contributed by atoms with Crippen molar-refractivity contribution in [3.8, 4) is 5.75 Å². The summed E-state index contributed by atoms with van der Waals surface area (Å²) in [7, 11) is 0. The lowest BCUT2D eigenvalue weighted by atomic mass is 10.3. The van der Waals surface area contributed by atoms with E-state index in [-0.39, 0.29) is 0 Å². The minimum absolute atomic E-state index is 0.591. The van der Waals surface area contributed by atoms with Crippen LogP contribution in [0.3, 0.4) is 0 Å². The van der Waals surface area contributed by atoms with Gasteiger partial charge in [0.25, 0.3) is 0 Å². The molecule has 0 bridgehead atoms. The Morgan fingerprint density at radius 1 is 1.62 bits per heavy atom. The van der Waals surface area contributed by atoms with Crippen LogP contribution in [0, 0.1) is 3.57 Å². The molecule has 1 rings (SSSR count). The van der Waals surface area contributed by atoms with Gasteiger partial charge in [0.1, 0.15) is 5.75 Å². The highest BCUT2D eigenvalue weighted by atomic mass is 127. The summed E-state index contributed by atoms with van der Waals surface area (Å²) < 4.78 is 6.38. The van der Waals surface area contributed by atoms with Crippen molar-refractivity contribution in [2.24, 2.45) is 0 Å². The average Bonchev–Trinajstić information content (AvgIpc) is 2.10. The van der Waals surface area contributed by atoms with Crippen LogP contribution >= 0.6 is 22.6 Å². The minimum atomic E-state index is 0.591. The number of anilines is 1. The lowest BCUT2D eigenvalue weighted by Gasteiger charge is -2.08. The van der Waals surface area contributed by atoms with E-state index >= 15 is 0 Å². The van der Waals surface area contributed by atoms with Gasteiger partial charge >= 0.3 is 0 Å². The highest BCUT2D eigenvalue weighted by Crippen LogP contribution is 2.25. The maximum Gasteiger partial charge on any atom is 0.211 e. The van der Waals surface area contributed by atoms with E-state index in [1.54, 1.807) is 0 Å². The number of rotatable bonds is 4. The van der Waals surface area contributed by atoms with E-state index in [4.69, 9.17) is 4.74 Å². The first-order valence-corrected chi connectivity index (χ1v) is 4.98. The van der Waals surface area contributed by atoms with Gasteiger partial charge in [-0.1, -0.05) is 0 Å². The Labute approximate surface area is 90.6 Å². The molecule has 1 aromatic rings. The first kappa shape index (κ1) is 10.3. The smallest absolute Gasteiger partial charge is 0.211 e. The van der Waals surface area contributed by atoms with Crippen LogP contribution in [-0.4, -0.2) is 13.0 Å². The number of hydrogen-bond acceptors (Lipinski definition) is 2. The largest absolute Gasteiger partial charge is 0.492 e.